The van der Waals surface area contributed by atoms with Gasteiger partial charge in [-0.15, -0.1) is 0 Å². The maximum Gasteiger partial charge on any atom is 0.306 e. The Morgan fingerprint density at radius 3 is 2.75 bits per heavy atom. The van der Waals surface area contributed by atoms with Gasteiger partial charge in [-0.05, 0) is 49.6 Å². The molecule has 0 aliphatic carbocycles. The highest BCUT2D eigenvalue weighted by molar-refractivity contribution is 5.88. The van der Waals surface area contributed by atoms with E-state index in [0.29, 0.717) is 13.2 Å². The van der Waals surface area contributed by atoms with Gasteiger partial charge in [-0.3, -0.25) is 4.79 Å². The summed E-state index contributed by atoms with van der Waals surface area (Å²) in [6.45, 7) is 5.76. The number of carboxylic acids is 1. The summed E-state index contributed by atoms with van der Waals surface area (Å²) in [4.78, 5) is 11.5. The van der Waals surface area contributed by atoms with E-state index in [1.807, 2.05) is 43.3 Å². The lowest BCUT2D eigenvalue weighted by Crippen LogP contribution is -2.36. The van der Waals surface area contributed by atoms with Crippen molar-refractivity contribution in [2.45, 2.75) is 45.4 Å². The van der Waals surface area contributed by atoms with Crippen molar-refractivity contribution in [2.24, 2.45) is 0 Å². The van der Waals surface area contributed by atoms with Crippen LogP contribution in [0.3, 0.4) is 0 Å². The van der Waals surface area contributed by atoms with E-state index >= 15 is 0 Å². The molecule has 4 rings (SSSR count). The van der Waals surface area contributed by atoms with Gasteiger partial charge in [-0.2, -0.15) is 0 Å². The third kappa shape index (κ3) is 3.27. The van der Waals surface area contributed by atoms with E-state index in [2.05, 4.69) is 23.6 Å². The van der Waals surface area contributed by atoms with Gasteiger partial charge in [0.15, 0.2) is 0 Å². The topological polar surface area (TPSA) is 60.7 Å². The van der Waals surface area contributed by atoms with Crippen LogP contribution in [-0.2, 0) is 34.7 Å². The Labute approximate surface area is 164 Å². The highest BCUT2D eigenvalue weighted by atomic mass is 16.5. The summed E-state index contributed by atoms with van der Waals surface area (Å²) < 4.78 is 14.2. The molecule has 1 atom stereocenters. The first-order valence-corrected chi connectivity index (χ1v) is 9.70. The molecular weight excluding hydrogens is 354 g/mol. The van der Waals surface area contributed by atoms with Crippen LogP contribution in [0.2, 0.25) is 0 Å². The third-order valence-electron chi connectivity index (χ3n) is 5.47. The van der Waals surface area contributed by atoms with Crippen LogP contribution in [-0.4, -0.2) is 22.2 Å². The summed E-state index contributed by atoms with van der Waals surface area (Å²) in [7, 11) is 0. The molecule has 146 valence electrons. The minimum Gasteiger partial charge on any atom is -0.489 e. The molecule has 1 N–H and O–H groups in total. The Bertz CT molecular complexity index is 1010. The number of carbonyl (C=O) groups is 1. The predicted octanol–water partition coefficient (Wildman–Crippen LogP) is 4.50. The normalized spacial score (nSPS) is 18.8. The molecule has 0 fully saturated rings. The molecule has 0 saturated carbocycles. The largest absolute Gasteiger partial charge is 0.489 e. The number of ether oxygens (including phenoxy) is 2. The van der Waals surface area contributed by atoms with E-state index in [9.17, 15) is 9.90 Å². The van der Waals surface area contributed by atoms with Gasteiger partial charge in [0.2, 0.25) is 0 Å². The quantitative estimate of drug-likeness (QED) is 0.685. The van der Waals surface area contributed by atoms with Gasteiger partial charge in [-0.25, -0.2) is 0 Å². The summed E-state index contributed by atoms with van der Waals surface area (Å²) in [5.41, 5.74) is 3.57. The summed E-state index contributed by atoms with van der Waals surface area (Å²) in [6.07, 6.45) is 0.726. The van der Waals surface area contributed by atoms with Gasteiger partial charge < -0.3 is 19.1 Å². The number of nitrogens with zero attached hydrogens (tertiary/aromatic N) is 1. The standard InChI is InChI=1S/C23H25NO4/c1-3-24-20-10-9-17(27-15-16-7-5-4-6-8-16)13-19(20)18-11-12-28-23(2,22(18)24)14-21(25)26/h4-10,13H,3,11-12,14-15H2,1-2H3,(H,25,26). The highest BCUT2D eigenvalue weighted by Crippen LogP contribution is 2.42. The zero-order valence-corrected chi connectivity index (χ0v) is 16.3. The van der Waals surface area contributed by atoms with Crippen LogP contribution >= 0.6 is 0 Å². The van der Waals surface area contributed by atoms with E-state index in [0.717, 1.165) is 40.9 Å². The van der Waals surface area contributed by atoms with Crippen LogP contribution in [0.25, 0.3) is 10.9 Å². The van der Waals surface area contributed by atoms with Crippen LogP contribution in [0.5, 0.6) is 5.75 Å². The van der Waals surface area contributed by atoms with Crippen LogP contribution in [0.4, 0.5) is 0 Å². The zero-order valence-electron chi connectivity index (χ0n) is 16.3. The molecule has 0 saturated heterocycles. The third-order valence-corrected chi connectivity index (χ3v) is 5.47. The van der Waals surface area contributed by atoms with E-state index in [1.165, 1.54) is 5.56 Å². The molecule has 1 aliphatic rings. The van der Waals surface area contributed by atoms with Crippen LogP contribution in [0, 0.1) is 0 Å². The van der Waals surface area contributed by atoms with E-state index in [-0.39, 0.29) is 6.42 Å². The van der Waals surface area contributed by atoms with Gasteiger partial charge in [-0.1, -0.05) is 30.3 Å². The Morgan fingerprint density at radius 1 is 1.25 bits per heavy atom. The van der Waals surface area contributed by atoms with Crippen molar-refractivity contribution in [2.75, 3.05) is 6.61 Å². The average Bonchev–Trinajstić information content (AvgIpc) is 3.01. The molecule has 0 radical (unpaired) electrons. The van der Waals surface area contributed by atoms with Gasteiger partial charge >= 0.3 is 5.97 Å². The molecule has 0 spiro atoms. The number of carboxylic acid groups (broad SMARTS) is 1. The lowest BCUT2D eigenvalue weighted by Gasteiger charge is -2.34. The number of hydrogen-bond donors (Lipinski definition) is 1. The minimum atomic E-state index is -0.852. The number of rotatable bonds is 6. The second-order valence-corrected chi connectivity index (χ2v) is 7.42. The molecule has 2 aromatic carbocycles. The van der Waals surface area contributed by atoms with E-state index in [4.69, 9.17) is 9.47 Å². The maximum atomic E-state index is 11.5. The summed E-state index contributed by atoms with van der Waals surface area (Å²) in [5.74, 6) is -0.0334. The molecule has 0 bridgehead atoms. The highest BCUT2D eigenvalue weighted by Gasteiger charge is 2.39. The first-order valence-electron chi connectivity index (χ1n) is 9.70. The molecular formula is C23H25NO4. The molecule has 0 amide bonds. The molecule has 2 heterocycles. The lowest BCUT2D eigenvalue weighted by molar-refractivity contribution is -0.146. The first kappa shape index (κ1) is 18.6. The molecule has 1 aromatic heterocycles. The Balaban J connectivity index is 1.74. The fourth-order valence-electron chi connectivity index (χ4n) is 4.29. The number of aryl methyl sites for hydroxylation is 1. The van der Waals surface area contributed by atoms with Gasteiger partial charge in [0.05, 0.1) is 18.7 Å². The van der Waals surface area contributed by atoms with Gasteiger partial charge in [0, 0.05) is 17.4 Å². The van der Waals surface area contributed by atoms with Crippen molar-refractivity contribution in [3.63, 3.8) is 0 Å². The number of aromatic nitrogens is 1. The maximum absolute atomic E-state index is 11.5. The predicted molar refractivity (Wildman–Crippen MR) is 108 cm³/mol. The van der Waals surface area contributed by atoms with Gasteiger partial charge in [0.1, 0.15) is 18.0 Å². The monoisotopic (exact) mass is 379 g/mol. The summed E-state index contributed by atoms with van der Waals surface area (Å²) >= 11 is 0. The molecule has 5 heteroatoms. The van der Waals surface area contributed by atoms with E-state index < -0.39 is 11.6 Å². The number of hydrogen-bond acceptors (Lipinski definition) is 3. The number of fused-ring (bicyclic) bond motifs is 3. The Morgan fingerprint density at radius 2 is 2.04 bits per heavy atom. The Hall–Kier alpha value is -2.79. The zero-order chi connectivity index (χ0) is 19.7. The van der Waals surface area contributed by atoms with Crippen LogP contribution in [0.15, 0.2) is 48.5 Å². The Kier molecular flexibility index (Phi) is 4.85. The van der Waals surface area contributed by atoms with Crippen molar-refractivity contribution < 1.29 is 19.4 Å². The van der Waals surface area contributed by atoms with E-state index in [1.54, 1.807) is 0 Å². The van der Waals surface area contributed by atoms with Crippen molar-refractivity contribution >= 4 is 16.9 Å². The summed E-state index contributed by atoms with van der Waals surface area (Å²) in [6, 6.07) is 16.2. The van der Waals surface area contributed by atoms with Crippen molar-refractivity contribution in [1.82, 2.24) is 4.57 Å². The molecule has 1 aliphatic heterocycles. The molecule has 3 aromatic rings. The fraction of sp³-hybridized carbons (Fsp3) is 0.348. The minimum absolute atomic E-state index is 0.0479. The number of aliphatic carboxylic acids is 1. The SMILES string of the molecule is CCn1c2c(c3cc(OCc4ccccc4)ccc31)CCOC2(C)CC(=O)O. The second kappa shape index (κ2) is 7.32. The van der Waals surface area contributed by atoms with Crippen molar-refractivity contribution in [3.8, 4) is 5.75 Å². The molecule has 1 unspecified atom stereocenters. The fourth-order valence-corrected chi connectivity index (χ4v) is 4.29. The van der Waals surface area contributed by atoms with Crippen molar-refractivity contribution in [3.05, 3.63) is 65.4 Å². The first-order chi connectivity index (χ1) is 13.5. The second-order valence-electron chi connectivity index (χ2n) is 7.42. The summed E-state index contributed by atoms with van der Waals surface area (Å²) in [5, 5.41) is 10.5. The molecule has 28 heavy (non-hydrogen) atoms. The van der Waals surface area contributed by atoms with Crippen LogP contribution < -0.4 is 4.74 Å². The number of benzene rings is 2. The average molecular weight is 379 g/mol. The smallest absolute Gasteiger partial charge is 0.306 e. The lowest BCUT2D eigenvalue weighted by atomic mass is 9.90. The van der Waals surface area contributed by atoms with Gasteiger partial charge in [0.25, 0.3) is 0 Å². The molecule has 5 nitrogen and oxygen atoms in total. The van der Waals surface area contributed by atoms with Crippen molar-refractivity contribution in [1.29, 1.82) is 0 Å². The van der Waals surface area contributed by atoms with Crippen LogP contribution in [0.1, 0.15) is 37.1 Å².